The Labute approximate surface area is 267 Å². The van der Waals surface area contributed by atoms with Crippen LogP contribution in [-0.2, 0) is 24.4 Å². The first kappa shape index (κ1) is 35.8. The highest BCUT2D eigenvalue weighted by molar-refractivity contribution is 5.28. The molecule has 0 saturated heterocycles. The van der Waals surface area contributed by atoms with Crippen LogP contribution < -0.4 is 4.74 Å². The Bertz CT molecular complexity index is 1070. The first-order chi connectivity index (χ1) is 21.6. The average Bonchev–Trinajstić information content (AvgIpc) is 3.05. The number of aryl methyl sites for hydroxylation is 1. The Kier molecular flexibility index (Phi) is 18.6. The van der Waals surface area contributed by atoms with Gasteiger partial charge in [0, 0.05) is 0 Å². The first-order valence-corrected chi connectivity index (χ1v) is 17.4. The molecule has 3 aromatic carbocycles. The molecule has 0 fully saturated rings. The summed E-state index contributed by atoms with van der Waals surface area (Å²) in [5.41, 5.74) is 3.50. The fourth-order valence-corrected chi connectivity index (χ4v) is 5.75. The van der Waals surface area contributed by atoms with Gasteiger partial charge in [-0.15, -0.1) is 0 Å². The van der Waals surface area contributed by atoms with E-state index in [0.717, 1.165) is 42.6 Å². The molecule has 3 rings (SSSR count). The van der Waals surface area contributed by atoms with E-state index in [4.69, 9.17) is 9.47 Å². The third-order valence-corrected chi connectivity index (χ3v) is 8.48. The van der Waals surface area contributed by atoms with Gasteiger partial charge in [0.1, 0.15) is 12.4 Å². The van der Waals surface area contributed by atoms with Crippen molar-refractivity contribution in [2.45, 2.75) is 141 Å². The molecule has 4 nitrogen and oxygen atoms in total. The van der Waals surface area contributed by atoms with Gasteiger partial charge >= 0.3 is 0 Å². The zero-order valence-electron chi connectivity index (χ0n) is 27.3. The molecule has 0 saturated carbocycles. The van der Waals surface area contributed by atoms with Crippen molar-refractivity contribution in [3.8, 4) is 5.75 Å². The quantitative estimate of drug-likeness (QED) is 0.0948. The molecule has 0 radical (unpaired) electrons. The van der Waals surface area contributed by atoms with Gasteiger partial charge in [-0.05, 0) is 60.9 Å². The van der Waals surface area contributed by atoms with Crippen molar-refractivity contribution in [1.29, 1.82) is 0 Å². The maximum Gasteiger partial charge on any atom is 0.119 e. The van der Waals surface area contributed by atoms with Crippen LogP contribution in [0.25, 0.3) is 0 Å². The van der Waals surface area contributed by atoms with E-state index >= 15 is 0 Å². The third-order valence-electron chi connectivity index (χ3n) is 8.48. The minimum Gasteiger partial charge on any atom is -0.489 e. The summed E-state index contributed by atoms with van der Waals surface area (Å²) in [7, 11) is 0. The summed E-state index contributed by atoms with van der Waals surface area (Å²) >= 11 is 0. The molecule has 2 N–H and O–H groups in total. The molecule has 0 bridgehead atoms. The molecule has 3 aromatic rings. The van der Waals surface area contributed by atoms with E-state index in [0.29, 0.717) is 26.1 Å². The monoisotopic (exact) mass is 602 g/mol. The van der Waals surface area contributed by atoms with Crippen LogP contribution in [0, 0.1) is 0 Å². The maximum absolute atomic E-state index is 10.9. The van der Waals surface area contributed by atoms with E-state index in [1.54, 1.807) is 0 Å². The van der Waals surface area contributed by atoms with Gasteiger partial charge in [-0.3, -0.25) is 0 Å². The number of unbranched alkanes of at least 4 members (excludes halogenated alkanes) is 10. The number of hydrogen-bond acceptors (Lipinski definition) is 4. The van der Waals surface area contributed by atoms with Gasteiger partial charge in [0.2, 0.25) is 0 Å². The molecular weight excluding hydrogens is 544 g/mol. The number of ether oxygens (including phenoxy) is 2. The zero-order chi connectivity index (χ0) is 31.1. The van der Waals surface area contributed by atoms with E-state index in [1.807, 2.05) is 48.5 Å². The van der Waals surface area contributed by atoms with Gasteiger partial charge < -0.3 is 19.7 Å². The summed E-state index contributed by atoms with van der Waals surface area (Å²) in [5, 5.41) is 21.5. The van der Waals surface area contributed by atoms with Gasteiger partial charge in [0.05, 0.1) is 24.9 Å². The third kappa shape index (κ3) is 16.4. The SMILES string of the molecule is CCCCCCCCCCCCC[C@@H](O)C[C@@H](O)C[C@@H](CCc1ccc(OCc2ccccc2)cc1)OCc1ccccc1. The number of hydrogen-bond donors (Lipinski definition) is 2. The lowest BCUT2D eigenvalue weighted by atomic mass is 9.97. The van der Waals surface area contributed by atoms with Crippen LogP contribution in [0.3, 0.4) is 0 Å². The van der Waals surface area contributed by atoms with Crippen LogP contribution in [-0.4, -0.2) is 28.5 Å². The lowest BCUT2D eigenvalue weighted by molar-refractivity contribution is -0.0135. The van der Waals surface area contributed by atoms with Gasteiger partial charge in [-0.1, -0.05) is 150 Å². The van der Waals surface area contributed by atoms with Crippen LogP contribution in [0.15, 0.2) is 84.9 Å². The number of benzene rings is 3. The van der Waals surface area contributed by atoms with Crippen molar-refractivity contribution < 1.29 is 19.7 Å². The largest absolute Gasteiger partial charge is 0.489 e. The van der Waals surface area contributed by atoms with Crippen LogP contribution in [0.1, 0.15) is 120 Å². The van der Waals surface area contributed by atoms with Crippen LogP contribution in [0.2, 0.25) is 0 Å². The molecular formula is C40H58O4. The number of rotatable bonds is 25. The lowest BCUT2D eigenvalue weighted by Crippen LogP contribution is -2.25. The molecule has 242 valence electrons. The molecule has 0 aliphatic heterocycles. The first-order valence-electron chi connectivity index (χ1n) is 17.4. The second-order valence-corrected chi connectivity index (χ2v) is 12.5. The fourth-order valence-electron chi connectivity index (χ4n) is 5.75. The molecule has 0 amide bonds. The highest BCUT2D eigenvalue weighted by Gasteiger charge is 2.19. The second kappa shape index (κ2) is 22.8. The molecule has 0 aliphatic carbocycles. The number of aliphatic hydroxyl groups is 2. The highest BCUT2D eigenvalue weighted by Crippen LogP contribution is 2.21. The van der Waals surface area contributed by atoms with E-state index in [1.165, 1.54) is 69.8 Å². The Hall–Kier alpha value is -2.66. The molecule has 0 aromatic heterocycles. The van der Waals surface area contributed by atoms with Crippen LogP contribution in [0.4, 0.5) is 0 Å². The van der Waals surface area contributed by atoms with E-state index in [-0.39, 0.29) is 6.10 Å². The predicted octanol–water partition coefficient (Wildman–Crippen LogP) is 9.99. The van der Waals surface area contributed by atoms with Crippen LogP contribution >= 0.6 is 0 Å². The fraction of sp³-hybridized carbons (Fsp3) is 0.550. The normalized spacial score (nSPS) is 13.4. The zero-order valence-corrected chi connectivity index (χ0v) is 27.3. The van der Waals surface area contributed by atoms with Crippen molar-refractivity contribution >= 4 is 0 Å². The molecule has 4 heteroatoms. The summed E-state index contributed by atoms with van der Waals surface area (Å²) in [6.07, 6.45) is 16.5. The van der Waals surface area contributed by atoms with Gasteiger partial charge in [-0.25, -0.2) is 0 Å². The summed E-state index contributed by atoms with van der Waals surface area (Å²) in [5.74, 6) is 0.858. The summed E-state index contributed by atoms with van der Waals surface area (Å²) in [4.78, 5) is 0. The minimum atomic E-state index is -0.577. The molecule has 0 spiro atoms. The topological polar surface area (TPSA) is 58.9 Å². The minimum absolute atomic E-state index is 0.0895. The van der Waals surface area contributed by atoms with Crippen molar-refractivity contribution in [3.63, 3.8) is 0 Å². The van der Waals surface area contributed by atoms with Crippen molar-refractivity contribution in [3.05, 3.63) is 102 Å². The van der Waals surface area contributed by atoms with Crippen molar-refractivity contribution in [2.24, 2.45) is 0 Å². The number of aliphatic hydroxyl groups excluding tert-OH is 2. The molecule has 0 heterocycles. The lowest BCUT2D eigenvalue weighted by Gasteiger charge is -2.23. The van der Waals surface area contributed by atoms with Gasteiger partial charge in [-0.2, -0.15) is 0 Å². The van der Waals surface area contributed by atoms with Gasteiger partial charge in [0.25, 0.3) is 0 Å². The molecule has 3 atom stereocenters. The second-order valence-electron chi connectivity index (χ2n) is 12.5. The molecule has 0 aliphatic rings. The summed E-state index contributed by atoms with van der Waals surface area (Å²) in [6.45, 7) is 3.34. The van der Waals surface area contributed by atoms with Crippen molar-refractivity contribution in [1.82, 2.24) is 0 Å². The Morgan fingerprint density at radius 2 is 1.07 bits per heavy atom. The maximum atomic E-state index is 10.9. The van der Waals surface area contributed by atoms with E-state index < -0.39 is 12.2 Å². The molecule has 44 heavy (non-hydrogen) atoms. The Morgan fingerprint density at radius 1 is 0.523 bits per heavy atom. The predicted molar refractivity (Wildman–Crippen MR) is 183 cm³/mol. The highest BCUT2D eigenvalue weighted by atomic mass is 16.5. The summed E-state index contributed by atoms with van der Waals surface area (Å²) < 4.78 is 12.3. The van der Waals surface area contributed by atoms with Gasteiger partial charge in [0.15, 0.2) is 0 Å². The summed E-state index contributed by atoms with van der Waals surface area (Å²) in [6, 6.07) is 28.7. The average molecular weight is 603 g/mol. The van der Waals surface area contributed by atoms with E-state index in [9.17, 15) is 10.2 Å². The Morgan fingerprint density at radius 3 is 1.66 bits per heavy atom. The van der Waals surface area contributed by atoms with Crippen molar-refractivity contribution in [2.75, 3.05) is 0 Å². The van der Waals surface area contributed by atoms with Crippen LogP contribution in [0.5, 0.6) is 5.75 Å². The Balaban J connectivity index is 1.36. The molecule has 0 unspecified atom stereocenters. The standard InChI is InChI=1S/C40H58O4/c1-2-3-4-5-6-7-8-9-10-11-18-23-37(41)30-38(42)31-40(44-33-36-21-16-13-17-22-36)29-26-34-24-27-39(28-25-34)43-32-35-19-14-12-15-20-35/h12-17,19-22,24-25,27-28,37-38,40-42H,2-11,18,23,26,29-33H2,1H3/t37-,38-,40-/m1/s1. The smallest absolute Gasteiger partial charge is 0.119 e. The van der Waals surface area contributed by atoms with E-state index in [2.05, 4.69) is 43.3 Å².